The van der Waals surface area contributed by atoms with E-state index in [1.165, 1.54) is 12.1 Å². The summed E-state index contributed by atoms with van der Waals surface area (Å²) >= 11 is 0. The molecule has 3 rings (SSSR count). The number of carbonyl (C=O) groups excluding carboxylic acids is 2. The van der Waals surface area contributed by atoms with Crippen LogP contribution in [0.2, 0.25) is 0 Å². The highest BCUT2D eigenvalue weighted by atomic mass is 16.3. The Labute approximate surface area is 145 Å². The van der Waals surface area contributed by atoms with E-state index in [4.69, 9.17) is 0 Å². The maximum atomic E-state index is 12.1. The van der Waals surface area contributed by atoms with Gasteiger partial charge < -0.3 is 10.0 Å². The summed E-state index contributed by atoms with van der Waals surface area (Å²) in [6.45, 7) is 2.51. The third kappa shape index (κ3) is 3.85. The molecule has 0 radical (unpaired) electrons. The molecule has 1 aliphatic heterocycles. The highest BCUT2D eigenvalue weighted by Crippen LogP contribution is 2.22. The largest absolute Gasteiger partial charge is 0.508 e. The van der Waals surface area contributed by atoms with E-state index in [-0.39, 0.29) is 11.7 Å². The Hall–Kier alpha value is -3.15. The molecule has 0 atom stereocenters. The number of nitrogens with zero attached hydrogens (tertiary/aromatic N) is 2. The minimum absolute atomic E-state index is 0.0244. The maximum Gasteiger partial charge on any atom is 0.271 e. The third-order valence-electron chi connectivity index (χ3n) is 4.08. The van der Waals surface area contributed by atoms with Crippen molar-refractivity contribution in [2.45, 2.75) is 19.8 Å². The number of hydrogen-bond acceptors (Lipinski definition) is 4. The van der Waals surface area contributed by atoms with Gasteiger partial charge >= 0.3 is 0 Å². The lowest BCUT2D eigenvalue weighted by molar-refractivity contribution is -0.117. The van der Waals surface area contributed by atoms with E-state index in [2.05, 4.69) is 10.5 Å². The normalized spacial score (nSPS) is 14.7. The predicted octanol–water partition coefficient (Wildman–Crippen LogP) is 2.67. The van der Waals surface area contributed by atoms with E-state index in [1.54, 1.807) is 24.0 Å². The number of phenols is 1. The number of aromatic hydroxyl groups is 1. The van der Waals surface area contributed by atoms with Crippen molar-refractivity contribution in [1.29, 1.82) is 0 Å². The van der Waals surface area contributed by atoms with Crippen LogP contribution in [0.4, 0.5) is 5.69 Å². The van der Waals surface area contributed by atoms with Crippen molar-refractivity contribution in [1.82, 2.24) is 5.43 Å². The summed E-state index contributed by atoms with van der Waals surface area (Å²) in [6, 6.07) is 13.6. The summed E-state index contributed by atoms with van der Waals surface area (Å²) < 4.78 is 0. The molecule has 2 aromatic rings. The van der Waals surface area contributed by atoms with Gasteiger partial charge in [-0.1, -0.05) is 18.2 Å². The number of hydrogen-bond donors (Lipinski definition) is 2. The van der Waals surface area contributed by atoms with Gasteiger partial charge in [0.1, 0.15) is 5.75 Å². The van der Waals surface area contributed by atoms with Crippen LogP contribution >= 0.6 is 0 Å². The number of phenolic OH excluding ortho intramolecular Hbond substituents is 1. The molecule has 1 aliphatic rings. The van der Waals surface area contributed by atoms with Gasteiger partial charge in [-0.05, 0) is 49.2 Å². The van der Waals surface area contributed by atoms with Crippen LogP contribution in [0.5, 0.6) is 5.75 Å². The van der Waals surface area contributed by atoms with E-state index < -0.39 is 5.91 Å². The number of anilines is 1. The fourth-order valence-corrected chi connectivity index (χ4v) is 2.73. The first-order chi connectivity index (χ1) is 12.0. The first-order valence-corrected chi connectivity index (χ1v) is 8.09. The number of rotatable bonds is 4. The maximum absolute atomic E-state index is 12.1. The quantitative estimate of drug-likeness (QED) is 0.665. The Morgan fingerprint density at radius 3 is 2.64 bits per heavy atom. The standard InChI is InChI=1S/C19H19N3O3/c1-13(20-21-19(25)15-6-3-8-17(23)12-15)14-5-2-7-16(11-14)22-10-4-9-18(22)24/h2-3,5-8,11-12,23H,4,9-10H2,1H3,(H,21,25)/b20-13-. The van der Waals surface area contributed by atoms with Gasteiger partial charge in [0.05, 0.1) is 5.71 Å². The van der Waals surface area contributed by atoms with E-state index in [0.29, 0.717) is 17.7 Å². The Morgan fingerprint density at radius 1 is 1.16 bits per heavy atom. The monoisotopic (exact) mass is 337 g/mol. The minimum Gasteiger partial charge on any atom is -0.508 e. The topological polar surface area (TPSA) is 82.0 Å². The molecule has 1 heterocycles. The number of amides is 2. The smallest absolute Gasteiger partial charge is 0.271 e. The molecule has 2 N–H and O–H groups in total. The Kier molecular flexibility index (Phi) is 4.79. The van der Waals surface area contributed by atoms with Gasteiger partial charge in [0, 0.05) is 24.2 Å². The number of hydrazone groups is 1. The Morgan fingerprint density at radius 2 is 1.92 bits per heavy atom. The third-order valence-corrected chi connectivity index (χ3v) is 4.08. The van der Waals surface area contributed by atoms with Gasteiger partial charge in [0.25, 0.3) is 5.91 Å². The van der Waals surface area contributed by atoms with E-state index in [1.807, 2.05) is 24.3 Å². The zero-order valence-corrected chi connectivity index (χ0v) is 13.9. The summed E-state index contributed by atoms with van der Waals surface area (Å²) in [5.41, 5.74) is 5.10. The molecule has 0 aliphatic carbocycles. The van der Waals surface area contributed by atoms with Crippen LogP contribution in [0.15, 0.2) is 53.6 Å². The van der Waals surface area contributed by atoms with Crippen LogP contribution in [0.25, 0.3) is 0 Å². The van der Waals surface area contributed by atoms with Crippen LogP contribution in [0.1, 0.15) is 35.7 Å². The molecule has 6 heteroatoms. The summed E-state index contributed by atoms with van der Waals surface area (Å²) in [6.07, 6.45) is 1.45. The van der Waals surface area contributed by atoms with Gasteiger partial charge in [-0.25, -0.2) is 5.43 Å². The second-order valence-electron chi connectivity index (χ2n) is 5.89. The van der Waals surface area contributed by atoms with Gasteiger partial charge in [-0.15, -0.1) is 0 Å². The number of benzene rings is 2. The van der Waals surface area contributed by atoms with Crippen molar-refractivity contribution < 1.29 is 14.7 Å². The summed E-state index contributed by atoms with van der Waals surface area (Å²) in [5.74, 6) is -0.249. The fraction of sp³-hybridized carbons (Fsp3) is 0.211. The van der Waals surface area contributed by atoms with Crippen molar-refractivity contribution in [2.75, 3.05) is 11.4 Å². The SMILES string of the molecule is C/C(=N/NC(=O)c1cccc(O)c1)c1cccc(N2CCCC2=O)c1. The average Bonchev–Trinajstić information content (AvgIpc) is 3.05. The first kappa shape index (κ1) is 16.7. The van der Waals surface area contributed by atoms with Crippen molar-refractivity contribution in [3.63, 3.8) is 0 Å². The molecule has 25 heavy (non-hydrogen) atoms. The first-order valence-electron chi connectivity index (χ1n) is 8.09. The zero-order chi connectivity index (χ0) is 17.8. The van der Waals surface area contributed by atoms with Gasteiger partial charge in [-0.2, -0.15) is 5.10 Å². The van der Waals surface area contributed by atoms with Crippen LogP contribution in [0.3, 0.4) is 0 Å². The fourth-order valence-electron chi connectivity index (χ4n) is 2.73. The summed E-state index contributed by atoms with van der Waals surface area (Å²) in [5, 5.41) is 13.5. The molecule has 2 aromatic carbocycles. The average molecular weight is 337 g/mol. The molecule has 1 saturated heterocycles. The van der Waals surface area contributed by atoms with Crippen LogP contribution in [0, 0.1) is 0 Å². The van der Waals surface area contributed by atoms with Gasteiger partial charge in [0.15, 0.2) is 0 Å². The van der Waals surface area contributed by atoms with E-state index >= 15 is 0 Å². The second-order valence-corrected chi connectivity index (χ2v) is 5.89. The lowest BCUT2D eigenvalue weighted by Crippen LogP contribution is -2.24. The van der Waals surface area contributed by atoms with Crippen molar-refractivity contribution in [3.8, 4) is 5.75 Å². The predicted molar refractivity (Wildman–Crippen MR) is 95.8 cm³/mol. The molecule has 0 bridgehead atoms. The lowest BCUT2D eigenvalue weighted by atomic mass is 10.1. The molecule has 0 spiro atoms. The molecular formula is C19H19N3O3. The van der Waals surface area contributed by atoms with Gasteiger partial charge in [-0.3, -0.25) is 9.59 Å². The van der Waals surface area contributed by atoms with Crippen molar-refractivity contribution >= 4 is 23.2 Å². The molecular weight excluding hydrogens is 318 g/mol. The number of carbonyl (C=O) groups is 2. The summed E-state index contributed by atoms with van der Waals surface area (Å²) in [4.78, 5) is 25.7. The highest BCUT2D eigenvalue weighted by molar-refractivity contribution is 6.02. The van der Waals surface area contributed by atoms with E-state index in [9.17, 15) is 14.7 Å². The van der Waals surface area contributed by atoms with Gasteiger partial charge in [0.2, 0.25) is 5.91 Å². The van der Waals surface area contributed by atoms with Crippen LogP contribution in [-0.2, 0) is 4.79 Å². The molecule has 0 saturated carbocycles. The zero-order valence-electron chi connectivity index (χ0n) is 13.9. The Balaban J connectivity index is 1.74. The highest BCUT2D eigenvalue weighted by Gasteiger charge is 2.21. The molecule has 6 nitrogen and oxygen atoms in total. The summed E-state index contributed by atoms with van der Waals surface area (Å²) in [7, 11) is 0. The molecule has 128 valence electrons. The molecule has 0 aromatic heterocycles. The lowest BCUT2D eigenvalue weighted by Gasteiger charge is -2.16. The van der Waals surface area contributed by atoms with Crippen LogP contribution < -0.4 is 10.3 Å². The molecule has 1 fully saturated rings. The molecule has 2 amide bonds. The Bertz CT molecular complexity index is 845. The van der Waals surface area contributed by atoms with E-state index in [0.717, 1.165) is 24.2 Å². The van der Waals surface area contributed by atoms with Crippen LogP contribution in [-0.4, -0.2) is 29.2 Å². The van der Waals surface area contributed by atoms with Crippen molar-refractivity contribution in [3.05, 3.63) is 59.7 Å². The number of nitrogens with one attached hydrogen (secondary N) is 1. The van der Waals surface area contributed by atoms with Crippen molar-refractivity contribution in [2.24, 2.45) is 5.10 Å². The molecule has 0 unspecified atom stereocenters. The second kappa shape index (κ2) is 7.17. The minimum atomic E-state index is -0.402.